The molecule has 0 spiro atoms. The standard InChI is InChI=1S/C16H17F2N2.C10H10F2N4.Pt/c1-10-8-13(17)19-15(18)14(10)12-9-11(16(2,3)4)6-7-20(12)5;1-6-4-8(11)14-10(12)9(6)16-7(2)15(3)5-13-16;/h6-9H,1,5H2,2-4H3;4-5,7H,1-2H2,3H3;/q-1;-2;+4. The molecule has 0 aromatic carbocycles. The number of hydrogen-bond donors (Lipinski definition) is 0. The van der Waals surface area contributed by atoms with Crippen LogP contribution in [0.1, 0.15) is 37.5 Å². The van der Waals surface area contributed by atoms with Gasteiger partial charge in [0, 0.05) is 19.8 Å². The Bertz CT molecular complexity index is 1260. The molecule has 6 nitrogen and oxygen atoms in total. The van der Waals surface area contributed by atoms with Crippen molar-refractivity contribution in [2.75, 3.05) is 12.1 Å². The summed E-state index contributed by atoms with van der Waals surface area (Å²) < 4.78 is 54.9. The van der Waals surface area contributed by atoms with Crippen LogP contribution in [-0.4, -0.2) is 34.4 Å². The van der Waals surface area contributed by atoms with Crippen LogP contribution in [0.2, 0.25) is 0 Å². The van der Waals surface area contributed by atoms with Gasteiger partial charge in [0.05, 0.1) is 11.9 Å². The minimum atomic E-state index is -0.939. The van der Waals surface area contributed by atoms with Crippen molar-refractivity contribution in [1.29, 1.82) is 0 Å². The Morgan fingerprint density at radius 3 is 2.00 bits per heavy atom. The van der Waals surface area contributed by atoms with Crippen molar-refractivity contribution in [2.45, 2.75) is 32.4 Å². The zero-order chi connectivity index (χ0) is 26.9. The van der Waals surface area contributed by atoms with Crippen LogP contribution in [-0.2, 0) is 26.5 Å². The van der Waals surface area contributed by atoms with Gasteiger partial charge in [-0.05, 0) is 11.6 Å². The van der Waals surface area contributed by atoms with E-state index >= 15 is 0 Å². The van der Waals surface area contributed by atoms with E-state index in [9.17, 15) is 17.6 Å². The first-order valence-electron chi connectivity index (χ1n) is 10.8. The monoisotopic (exact) mass is 694 g/mol. The summed E-state index contributed by atoms with van der Waals surface area (Å²) in [5.41, 5.74) is 2.11. The molecule has 4 heterocycles. The first kappa shape index (κ1) is 30.0. The van der Waals surface area contributed by atoms with Crippen molar-refractivity contribution in [3.8, 4) is 11.3 Å². The van der Waals surface area contributed by atoms with E-state index in [2.05, 4.69) is 63.7 Å². The summed E-state index contributed by atoms with van der Waals surface area (Å²) in [5, 5.41) is 5.26. The Hall–Kier alpha value is -3.26. The number of pyridine rings is 3. The first-order chi connectivity index (χ1) is 16.7. The molecule has 1 aliphatic heterocycles. The summed E-state index contributed by atoms with van der Waals surface area (Å²) in [6.07, 6.45) is 2.85. The van der Waals surface area contributed by atoms with Gasteiger partial charge in [-0.3, -0.25) is 0 Å². The maximum absolute atomic E-state index is 14.0. The predicted octanol–water partition coefficient (Wildman–Crippen LogP) is 4.83. The zero-order valence-corrected chi connectivity index (χ0v) is 23.2. The van der Waals surface area contributed by atoms with Crippen molar-refractivity contribution >= 4 is 12.0 Å². The van der Waals surface area contributed by atoms with Gasteiger partial charge in [0.25, 0.3) is 0 Å². The molecule has 1 unspecified atom stereocenters. The summed E-state index contributed by atoms with van der Waals surface area (Å²) in [6.45, 7) is 17.2. The summed E-state index contributed by atoms with van der Waals surface area (Å²) >= 11 is 0. The molecule has 1 atom stereocenters. The molecule has 0 bridgehead atoms. The van der Waals surface area contributed by atoms with Crippen molar-refractivity contribution in [2.24, 2.45) is 5.10 Å². The number of anilines is 1. The van der Waals surface area contributed by atoms with Gasteiger partial charge < -0.3 is 21.4 Å². The fourth-order valence-corrected chi connectivity index (χ4v) is 3.45. The number of halogens is 4. The number of hydrogen-bond acceptors (Lipinski definition) is 5. The molecular weight excluding hydrogens is 667 g/mol. The van der Waals surface area contributed by atoms with Gasteiger partial charge in [-0.2, -0.15) is 43.2 Å². The van der Waals surface area contributed by atoms with E-state index in [4.69, 9.17) is 0 Å². The van der Waals surface area contributed by atoms with Crippen molar-refractivity contribution < 1.29 is 43.2 Å². The summed E-state index contributed by atoms with van der Waals surface area (Å²) in [5.74, 6) is -3.59. The molecule has 198 valence electrons. The Balaban J connectivity index is 0.000000259. The van der Waals surface area contributed by atoms with Crippen LogP contribution in [0.3, 0.4) is 0 Å². The first-order valence-corrected chi connectivity index (χ1v) is 10.8. The van der Waals surface area contributed by atoms with Gasteiger partial charge in [-0.15, -0.1) is 12.1 Å². The molecule has 0 N–H and O–H groups in total. The van der Waals surface area contributed by atoms with E-state index in [1.54, 1.807) is 18.1 Å². The quantitative estimate of drug-likeness (QED) is 0.167. The Kier molecular flexibility index (Phi) is 9.25. The van der Waals surface area contributed by atoms with E-state index < -0.39 is 30.0 Å². The number of hydrazone groups is 1. The largest absolute Gasteiger partial charge is 4.00 e. The Labute approximate surface area is 229 Å². The van der Waals surface area contributed by atoms with E-state index in [-0.39, 0.29) is 48.9 Å². The van der Waals surface area contributed by atoms with Crippen molar-refractivity contribution in [1.82, 2.24) is 14.9 Å². The molecule has 0 saturated carbocycles. The molecule has 0 aliphatic carbocycles. The van der Waals surface area contributed by atoms with Crippen LogP contribution in [0.5, 0.6) is 0 Å². The molecule has 11 heteroatoms. The molecule has 4 rings (SSSR count). The van der Waals surface area contributed by atoms with Crippen molar-refractivity contribution in [3.63, 3.8) is 0 Å². The van der Waals surface area contributed by atoms with Crippen LogP contribution in [0.4, 0.5) is 23.2 Å². The predicted molar refractivity (Wildman–Crippen MR) is 130 cm³/mol. The maximum Gasteiger partial charge on any atom is 4.00 e. The summed E-state index contributed by atoms with van der Waals surface area (Å²) in [6, 6.07) is 5.93. The van der Waals surface area contributed by atoms with Crippen LogP contribution in [0.15, 0.2) is 35.6 Å². The van der Waals surface area contributed by atoms with Gasteiger partial charge in [-0.25, -0.2) is 14.4 Å². The number of aromatic nitrogens is 3. The minimum Gasteiger partial charge on any atom is -0.372 e. The van der Waals surface area contributed by atoms with Gasteiger partial charge in [0.15, 0.2) is 23.8 Å². The van der Waals surface area contributed by atoms with E-state index in [1.807, 2.05) is 12.1 Å². The third-order valence-electron chi connectivity index (χ3n) is 5.52. The Morgan fingerprint density at radius 2 is 1.51 bits per heavy atom. The molecular formula is C26H27F4N6Pt+. The zero-order valence-electron chi connectivity index (χ0n) is 20.9. The molecule has 1 aliphatic rings. The molecule has 0 fully saturated rings. The normalized spacial score (nSPS) is 14.8. The Morgan fingerprint density at radius 1 is 0.946 bits per heavy atom. The van der Waals surface area contributed by atoms with Gasteiger partial charge in [0.2, 0.25) is 0 Å². The topological polar surface area (TPSA) is 48.5 Å². The molecule has 37 heavy (non-hydrogen) atoms. The maximum atomic E-state index is 14.0. The van der Waals surface area contributed by atoms with Crippen molar-refractivity contribution in [3.05, 3.63) is 98.8 Å². The van der Waals surface area contributed by atoms with E-state index in [0.29, 0.717) is 5.69 Å². The smallest absolute Gasteiger partial charge is 0.372 e. The molecule has 0 radical (unpaired) electrons. The third kappa shape index (κ3) is 6.55. The fourth-order valence-electron chi connectivity index (χ4n) is 3.45. The minimum absolute atomic E-state index is 0. The second kappa shape index (κ2) is 11.4. The van der Waals surface area contributed by atoms with Crippen LogP contribution >= 0.6 is 0 Å². The van der Waals surface area contributed by atoms with Gasteiger partial charge in [-0.1, -0.05) is 44.0 Å². The van der Waals surface area contributed by atoms with Crippen LogP contribution in [0, 0.1) is 51.6 Å². The molecule has 0 saturated heterocycles. The van der Waals surface area contributed by atoms with Gasteiger partial charge >= 0.3 is 21.1 Å². The van der Waals surface area contributed by atoms with Crippen LogP contribution in [0.25, 0.3) is 11.3 Å². The fraction of sp³-hybridized carbons (Fsp3) is 0.231. The summed E-state index contributed by atoms with van der Waals surface area (Å²) in [4.78, 5) is 8.02. The van der Waals surface area contributed by atoms with Gasteiger partial charge in [0.1, 0.15) is 6.34 Å². The van der Waals surface area contributed by atoms with E-state index in [1.165, 1.54) is 15.9 Å². The molecule has 3 aromatic heterocycles. The molecule has 0 amide bonds. The van der Waals surface area contributed by atoms with E-state index in [0.717, 1.165) is 17.7 Å². The average molecular weight is 695 g/mol. The van der Waals surface area contributed by atoms with Crippen LogP contribution < -0.4 is 9.58 Å². The average Bonchev–Trinajstić information content (AvgIpc) is 3.06. The number of nitrogens with zero attached hydrogens (tertiary/aromatic N) is 6. The summed E-state index contributed by atoms with van der Waals surface area (Å²) in [7, 11) is 5.57. The second-order valence-corrected chi connectivity index (χ2v) is 9.26. The SMILES string of the molecule is [CH2-]c1cc(F)nc(F)c1-c1cc(C(C)(C)C)cc[n+]1[CH2-].[CH2-]c1cc(F)nc(F)c1N1N=CN(C)C1[CH2-].[Pt+4]. The third-order valence-corrected chi connectivity index (χ3v) is 5.52. The number of rotatable bonds is 2. The second-order valence-electron chi connectivity index (χ2n) is 9.26. The molecule has 3 aromatic rings.